The molecule has 0 amide bonds. The Labute approximate surface area is 190 Å². The molecule has 9 heteroatoms. The third-order valence-corrected chi connectivity index (χ3v) is 7.65. The van der Waals surface area contributed by atoms with Crippen molar-refractivity contribution >= 4 is 33.0 Å². The van der Waals surface area contributed by atoms with Crippen LogP contribution < -0.4 is 10.1 Å². The van der Waals surface area contributed by atoms with Gasteiger partial charge in [0.05, 0.1) is 0 Å². The Balaban J connectivity index is 1.25. The number of nitrogens with zero attached hydrogens (tertiary/aromatic N) is 4. The van der Waals surface area contributed by atoms with E-state index in [4.69, 9.17) is 4.74 Å². The lowest BCUT2D eigenvalue weighted by Gasteiger charge is -2.14. The van der Waals surface area contributed by atoms with Gasteiger partial charge < -0.3 is 10.1 Å². The monoisotopic (exact) mass is 461 g/mol. The lowest BCUT2D eigenvalue weighted by molar-refractivity contribution is 0.318. The normalized spacial score (nSPS) is 18.4. The van der Waals surface area contributed by atoms with Crippen LogP contribution in [0.1, 0.15) is 29.0 Å². The zero-order chi connectivity index (χ0) is 22.3. The first kappa shape index (κ1) is 18.9. The van der Waals surface area contributed by atoms with Gasteiger partial charge in [-0.15, -0.1) is 21.5 Å². The maximum atomic E-state index is 14.7. The van der Waals surface area contributed by atoms with Crippen molar-refractivity contribution in [2.45, 2.75) is 31.9 Å². The van der Waals surface area contributed by atoms with Gasteiger partial charge in [-0.1, -0.05) is 6.07 Å². The quantitative estimate of drug-likeness (QED) is 0.385. The number of aryl methyl sites for hydroxylation is 1. The zero-order valence-corrected chi connectivity index (χ0v) is 18.3. The summed E-state index contributed by atoms with van der Waals surface area (Å²) in [6.45, 7) is 2.06. The lowest BCUT2D eigenvalue weighted by atomic mass is 10.0. The molecule has 2 aliphatic rings. The zero-order valence-electron chi connectivity index (χ0n) is 17.5. The van der Waals surface area contributed by atoms with Crippen molar-refractivity contribution in [2.24, 2.45) is 0 Å². The summed E-state index contributed by atoms with van der Waals surface area (Å²) in [4.78, 5) is 4.58. The average molecular weight is 461 g/mol. The summed E-state index contributed by atoms with van der Waals surface area (Å²) in [6.07, 6.45) is 4.44. The number of thiophene rings is 1. The smallest absolute Gasteiger partial charge is 0.210 e. The van der Waals surface area contributed by atoms with Gasteiger partial charge in [0.2, 0.25) is 5.95 Å². The highest BCUT2D eigenvalue weighted by Crippen LogP contribution is 2.55. The molecule has 33 heavy (non-hydrogen) atoms. The van der Waals surface area contributed by atoms with E-state index in [1.807, 2.05) is 18.2 Å². The van der Waals surface area contributed by atoms with Gasteiger partial charge in [0, 0.05) is 45.6 Å². The minimum Gasteiger partial charge on any atom is -0.489 e. The van der Waals surface area contributed by atoms with E-state index in [-0.39, 0.29) is 29.5 Å². The second-order valence-corrected chi connectivity index (χ2v) is 9.52. The minimum atomic E-state index is -0.249. The molecule has 1 saturated carbocycles. The Morgan fingerprint density at radius 1 is 1.24 bits per heavy atom. The van der Waals surface area contributed by atoms with Crippen LogP contribution in [-0.4, -0.2) is 25.7 Å². The highest BCUT2D eigenvalue weighted by molar-refractivity contribution is 7.17. The molecule has 1 N–H and O–H groups in total. The molecule has 2 aromatic carbocycles. The first-order valence-electron chi connectivity index (χ1n) is 10.7. The van der Waals surface area contributed by atoms with Crippen LogP contribution in [0.5, 0.6) is 5.75 Å². The highest BCUT2D eigenvalue weighted by Gasteiger charge is 2.49. The number of aromatic nitrogens is 4. The minimum absolute atomic E-state index is 0.171. The molecule has 1 fully saturated rings. The van der Waals surface area contributed by atoms with Gasteiger partial charge in [0.15, 0.2) is 10.8 Å². The maximum absolute atomic E-state index is 14.7. The fraction of sp³-hybridized carbons (Fsp3) is 0.208. The molecule has 1 aliphatic carbocycles. The fourth-order valence-corrected chi connectivity index (χ4v) is 5.67. The van der Waals surface area contributed by atoms with E-state index in [0.717, 1.165) is 50.3 Å². The SMILES string of the molecule is Cc1c(F)sc2ccc(-c3cnc(NCc4c(F)ccc5c4[C@H]4C[C@H]4O5)n4cnnc34)cc12. The van der Waals surface area contributed by atoms with Crippen LogP contribution in [-0.2, 0) is 6.54 Å². The molecule has 0 unspecified atom stereocenters. The number of nitrogens with one attached hydrogen (secondary N) is 1. The average Bonchev–Trinajstić information content (AvgIpc) is 3.13. The summed E-state index contributed by atoms with van der Waals surface area (Å²) in [6, 6.07) is 8.97. The van der Waals surface area contributed by atoms with Crippen LogP contribution in [0.4, 0.5) is 14.7 Å². The van der Waals surface area contributed by atoms with E-state index >= 15 is 0 Å². The standard InChI is InChI=1S/C24H17F2N5OS/c1-11-13-6-12(2-5-20(13)33-22(11)26)15-8-27-24(31-10-29-30-23(15)31)28-9-16-17(25)3-4-18-21(16)14-7-19(14)32-18/h2-6,8,10,14,19H,7,9H2,1H3,(H,27,28)/t14-,19+/m0/s1. The Hall–Kier alpha value is -3.59. The molecule has 5 aromatic rings. The molecule has 0 radical (unpaired) electrons. The Morgan fingerprint density at radius 2 is 2.15 bits per heavy atom. The van der Waals surface area contributed by atoms with Crippen molar-refractivity contribution in [3.63, 3.8) is 0 Å². The summed E-state index contributed by atoms with van der Waals surface area (Å²) >= 11 is 1.14. The Bertz CT molecular complexity index is 1590. The van der Waals surface area contributed by atoms with Gasteiger partial charge in [0.25, 0.3) is 0 Å². The van der Waals surface area contributed by atoms with Crippen LogP contribution in [0.15, 0.2) is 42.9 Å². The highest BCUT2D eigenvalue weighted by atomic mass is 32.1. The van der Waals surface area contributed by atoms with E-state index in [9.17, 15) is 8.78 Å². The Morgan fingerprint density at radius 3 is 3.06 bits per heavy atom. The summed E-state index contributed by atoms with van der Waals surface area (Å²) in [5.41, 5.74) is 4.50. The Kier molecular flexibility index (Phi) is 3.85. The molecule has 2 atom stereocenters. The van der Waals surface area contributed by atoms with Crippen molar-refractivity contribution in [1.29, 1.82) is 0 Å². The molecule has 6 nitrogen and oxygen atoms in total. The summed E-state index contributed by atoms with van der Waals surface area (Å²) in [5.74, 6) is 1.34. The van der Waals surface area contributed by atoms with Crippen LogP contribution in [0.3, 0.4) is 0 Å². The molecule has 7 rings (SSSR count). The van der Waals surface area contributed by atoms with Crippen molar-refractivity contribution in [3.8, 4) is 16.9 Å². The number of ether oxygens (including phenoxy) is 1. The number of fused-ring (bicyclic) bond motifs is 5. The number of benzene rings is 2. The lowest BCUT2D eigenvalue weighted by Crippen LogP contribution is -2.10. The predicted molar refractivity (Wildman–Crippen MR) is 122 cm³/mol. The number of anilines is 1. The molecule has 0 spiro atoms. The molecule has 164 valence electrons. The van der Waals surface area contributed by atoms with Gasteiger partial charge in [-0.3, -0.25) is 4.40 Å². The second kappa shape index (κ2) is 6.71. The van der Waals surface area contributed by atoms with Crippen molar-refractivity contribution in [3.05, 3.63) is 70.5 Å². The molecule has 1 aliphatic heterocycles. The number of halogens is 2. The van der Waals surface area contributed by atoms with Gasteiger partial charge in [0.1, 0.15) is 24.0 Å². The van der Waals surface area contributed by atoms with Crippen molar-refractivity contribution < 1.29 is 13.5 Å². The molecule has 4 heterocycles. The largest absolute Gasteiger partial charge is 0.489 e. The summed E-state index contributed by atoms with van der Waals surface area (Å²) < 4.78 is 37.2. The summed E-state index contributed by atoms with van der Waals surface area (Å²) in [7, 11) is 0. The molecular weight excluding hydrogens is 444 g/mol. The van der Waals surface area contributed by atoms with E-state index in [1.165, 1.54) is 6.07 Å². The van der Waals surface area contributed by atoms with Gasteiger partial charge in [-0.05, 0) is 48.6 Å². The van der Waals surface area contributed by atoms with Crippen molar-refractivity contribution in [1.82, 2.24) is 19.6 Å². The molecule has 0 bridgehead atoms. The van der Waals surface area contributed by atoms with Crippen LogP contribution in [0, 0.1) is 17.9 Å². The molecular formula is C24H17F2N5OS. The van der Waals surface area contributed by atoms with E-state index in [0.29, 0.717) is 22.7 Å². The second-order valence-electron chi connectivity index (χ2n) is 8.52. The topological polar surface area (TPSA) is 64.3 Å². The summed E-state index contributed by atoms with van der Waals surface area (Å²) in [5, 5.41) is 12.3. The first-order chi connectivity index (χ1) is 16.1. The van der Waals surface area contributed by atoms with Crippen LogP contribution in [0.2, 0.25) is 0 Å². The first-order valence-corrected chi connectivity index (χ1v) is 11.5. The van der Waals surface area contributed by atoms with Gasteiger partial charge in [-0.2, -0.15) is 4.39 Å². The molecule has 3 aromatic heterocycles. The molecule has 0 saturated heterocycles. The fourth-order valence-electron chi connectivity index (χ4n) is 4.75. The predicted octanol–water partition coefficient (Wildman–Crippen LogP) is 5.45. The van der Waals surface area contributed by atoms with E-state index in [1.54, 1.807) is 29.9 Å². The van der Waals surface area contributed by atoms with Crippen molar-refractivity contribution in [2.75, 3.05) is 5.32 Å². The van der Waals surface area contributed by atoms with Gasteiger partial charge in [-0.25, -0.2) is 9.37 Å². The number of hydrogen-bond acceptors (Lipinski definition) is 6. The number of hydrogen-bond donors (Lipinski definition) is 1. The number of rotatable bonds is 4. The maximum Gasteiger partial charge on any atom is 0.210 e. The van der Waals surface area contributed by atoms with Gasteiger partial charge >= 0.3 is 0 Å². The third-order valence-electron chi connectivity index (χ3n) is 6.59. The van der Waals surface area contributed by atoms with Crippen LogP contribution in [0.25, 0.3) is 26.9 Å². The van der Waals surface area contributed by atoms with E-state index in [2.05, 4.69) is 20.5 Å². The van der Waals surface area contributed by atoms with Crippen LogP contribution >= 0.6 is 11.3 Å². The third kappa shape index (κ3) is 2.78. The van der Waals surface area contributed by atoms with E-state index < -0.39 is 0 Å².